The monoisotopic (exact) mass is 289 g/mol. The van der Waals surface area contributed by atoms with E-state index in [0.717, 1.165) is 64.1 Å². The Morgan fingerprint density at radius 1 is 1.42 bits per heavy atom. The fourth-order valence-corrected chi connectivity index (χ4v) is 2.14. The van der Waals surface area contributed by atoms with E-state index in [1.807, 2.05) is 11.8 Å². The van der Waals surface area contributed by atoms with Crippen LogP contribution in [0.4, 0.5) is 0 Å². The third-order valence-corrected chi connectivity index (χ3v) is 3.57. The highest BCUT2D eigenvalue weighted by Crippen LogP contribution is 2.12. The number of nitrogens with one attached hydrogen (secondary N) is 2. The molecule has 0 aromatic rings. The molecule has 2 N–H and O–H groups in total. The second-order valence-corrected chi connectivity index (χ2v) is 5.56. The Balaban J connectivity index is 1.90. The number of thioether (sulfide) groups is 1. The molecule has 1 heterocycles. The lowest BCUT2D eigenvalue weighted by Gasteiger charge is -2.12. The minimum Gasteiger partial charge on any atom is -0.381 e. The number of nitrogens with zero attached hydrogens (tertiary/aromatic N) is 1. The van der Waals surface area contributed by atoms with Crippen LogP contribution >= 0.6 is 11.8 Å². The molecule has 0 amide bonds. The van der Waals surface area contributed by atoms with E-state index in [9.17, 15) is 0 Å². The van der Waals surface area contributed by atoms with Crippen molar-refractivity contribution in [2.45, 2.75) is 12.8 Å². The smallest absolute Gasteiger partial charge is 0.191 e. The van der Waals surface area contributed by atoms with E-state index in [4.69, 9.17) is 9.47 Å². The lowest BCUT2D eigenvalue weighted by Crippen LogP contribution is -2.39. The topological polar surface area (TPSA) is 54.9 Å². The normalized spacial score (nSPS) is 19.7. The summed E-state index contributed by atoms with van der Waals surface area (Å²) in [5.41, 5.74) is 0. The van der Waals surface area contributed by atoms with E-state index in [-0.39, 0.29) is 0 Å². The first-order valence-electron chi connectivity index (χ1n) is 6.95. The summed E-state index contributed by atoms with van der Waals surface area (Å²) in [7, 11) is 1.80. The van der Waals surface area contributed by atoms with Gasteiger partial charge in [0.15, 0.2) is 5.96 Å². The second-order valence-electron chi connectivity index (χ2n) is 4.58. The van der Waals surface area contributed by atoms with Crippen LogP contribution in [0.15, 0.2) is 4.99 Å². The van der Waals surface area contributed by atoms with Gasteiger partial charge in [0.2, 0.25) is 0 Å². The zero-order chi connectivity index (χ0) is 13.8. The van der Waals surface area contributed by atoms with Crippen molar-refractivity contribution >= 4 is 17.7 Å². The molecule has 6 heteroatoms. The SMILES string of the molecule is CN=C(NCCCOCC1CCOC1)NCCSC. The number of hydrogen-bond acceptors (Lipinski definition) is 4. The highest BCUT2D eigenvalue weighted by Gasteiger charge is 2.15. The van der Waals surface area contributed by atoms with E-state index >= 15 is 0 Å². The van der Waals surface area contributed by atoms with Crippen molar-refractivity contribution in [2.24, 2.45) is 10.9 Å². The maximum atomic E-state index is 5.65. The fourth-order valence-electron chi connectivity index (χ4n) is 1.84. The second kappa shape index (κ2) is 11.4. The molecule has 1 aliphatic rings. The van der Waals surface area contributed by atoms with Crippen LogP contribution in [0.2, 0.25) is 0 Å². The van der Waals surface area contributed by atoms with E-state index < -0.39 is 0 Å². The fraction of sp³-hybridized carbons (Fsp3) is 0.923. The first-order valence-corrected chi connectivity index (χ1v) is 8.35. The molecule has 0 radical (unpaired) electrons. The molecule has 1 saturated heterocycles. The molecule has 112 valence electrons. The molecule has 19 heavy (non-hydrogen) atoms. The number of aliphatic imine (C=N–C) groups is 1. The van der Waals surface area contributed by atoms with E-state index in [1.54, 1.807) is 7.05 Å². The summed E-state index contributed by atoms with van der Waals surface area (Å²) in [6.45, 7) is 5.23. The summed E-state index contributed by atoms with van der Waals surface area (Å²) < 4.78 is 11.0. The average Bonchev–Trinajstić information content (AvgIpc) is 2.94. The Bertz CT molecular complexity index is 246. The zero-order valence-corrected chi connectivity index (χ0v) is 12.9. The van der Waals surface area contributed by atoms with E-state index in [2.05, 4.69) is 21.9 Å². The minimum absolute atomic E-state index is 0.605. The lowest BCUT2D eigenvalue weighted by atomic mass is 10.1. The van der Waals surface area contributed by atoms with Crippen LogP contribution in [-0.2, 0) is 9.47 Å². The predicted molar refractivity (Wildman–Crippen MR) is 82.1 cm³/mol. The summed E-state index contributed by atoms with van der Waals surface area (Å²) in [5, 5.41) is 6.55. The third-order valence-electron chi connectivity index (χ3n) is 2.96. The van der Waals surface area contributed by atoms with Crippen LogP contribution in [0.3, 0.4) is 0 Å². The largest absolute Gasteiger partial charge is 0.381 e. The van der Waals surface area contributed by atoms with E-state index in [0.29, 0.717) is 5.92 Å². The number of guanidine groups is 1. The first kappa shape index (κ1) is 16.6. The molecule has 5 nitrogen and oxygen atoms in total. The van der Waals surface area contributed by atoms with Crippen LogP contribution < -0.4 is 10.6 Å². The van der Waals surface area contributed by atoms with Gasteiger partial charge in [-0.3, -0.25) is 4.99 Å². The Morgan fingerprint density at radius 3 is 2.95 bits per heavy atom. The van der Waals surface area contributed by atoms with Gasteiger partial charge in [0, 0.05) is 45.0 Å². The van der Waals surface area contributed by atoms with Gasteiger partial charge in [-0.15, -0.1) is 0 Å². The number of ether oxygens (including phenoxy) is 2. The van der Waals surface area contributed by atoms with Crippen LogP contribution in [0.5, 0.6) is 0 Å². The molecule has 0 spiro atoms. The standard InChI is InChI=1S/C13H27N3O2S/c1-14-13(16-6-9-19-2)15-5-3-7-17-10-12-4-8-18-11-12/h12H,3-11H2,1-2H3,(H2,14,15,16). The van der Waals surface area contributed by atoms with Crippen LogP contribution in [-0.4, -0.2) is 64.5 Å². The molecule has 0 aromatic carbocycles. The Labute approximate surface area is 120 Å². The summed E-state index contributed by atoms with van der Waals surface area (Å²) in [4.78, 5) is 4.17. The van der Waals surface area contributed by atoms with Crippen molar-refractivity contribution in [1.29, 1.82) is 0 Å². The van der Waals surface area contributed by atoms with Crippen molar-refractivity contribution in [3.05, 3.63) is 0 Å². The Hall–Kier alpha value is -0.460. The first-order chi connectivity index (χ1) is 9.36. The highest BCUT2D eigenvalue weighted by molar-refractivity contribution is 7.98. The molecular formula is C13H27N3O2S. The molecule has 0 aromatic heterocycles. The maximum absolute atomic E-state index is 5.65. The molecular weight excluding hydrogens is 262 g/mol. The van der Waals surface area contributed by atoms with Crippen LogP contribution in [0.1, 0.15) is 12.8 Å². The molecule has 1 rings (SSSR count). The van der Waals surface area contributed by atoms with Crippen molar-refractivity contribution < 1.29 is 9.47 Å². The van der Waals surface area contributed by atoms with E-state index in [1.165, 1.54) is 0 Å². The third kappa shape index (κ3) is 8.34. The zero-order valence-electron chi connectivity index (χ0n) is 12.1. The van der Waals surface area contributed by atoms with Gasteiger partial charge in [-0.25, -0.2) is 0 Å². The Morgan fingerprint density at radius 2 is 2.26 bits per heavy atom. The average molecular weight is 289 g/mol. The highest BCUT2D eigenvalue weighted by atomic mass is 32.2. The van der Waals surface area contributed by atoms with Gasteiger partial charge in [0.25, 0.3) is 0 Å². The van der Waals surface area contributed by atoms with Crippen LogP contribution in [0.25, 0.3) is 0 Å². The summed E-state index contributed by atoms with van der Waals surface area (Å²) in [6.07, 6.45) is 4.24. The van der Waals surface area contributed by atoms with Gasteiger partial charge >= 0.3 is 0 Å². The van der Waals surface area contributed by atoms with Gasteiger partial charge in [-0.1, -0.05) is 0 Å². The maximum Gasteiger partial charge on any atom is 0.191 e. The van der Waals surface area contributed by atoms with Crippen LogP contribution in [0, 0.1) is 5.92 Å². The van der Waals surface area contributed by atoms with Crippen molar-refractivity contribution in [2.75, 3.05) is 58.6 Å². The molecule has 1 fully saturated rings. The molecule has 1 aliphatic heterocycles. The van der Waals surface area contributed by atoms with Gasteiger partial charge in [-0.2, -0.15) is 11.8 Å². The quantitative estimate of drug-likeness (QED) is 0.376. The molecule has 1 unspecified atom stereocenters. The lowest BCUT2D eigenvalue weighted by molar-refractivity contribution is 0.0888. The van der Waals surface area contributed by atoms with Crippen molar-refractivity contribution in [3.63, 3.8) is 0 Å². The van der Waals surface area contributed by atoms with Crippen molar-refractivity contribution in [1.82, 2.24) is 10.6 Å². The molecule has 0 bridgehead atoms. The molecule has 1 atom stereocenters. The minimum atomic E-state index is 0.605. The van der Waals surface area contributed by atoms with Gasteiger partial charge in [-0.05, 0) is 19.1 Å². The molecule has 0 aliphatic carbocycles. The van der Waals surface area contributed by atoms with Gasteiger partial charge in [0.1, 0.15) is 0 Å². The van der Waals surface area contributed by atoms with Crippen molar-refractivity contribution in [3.8, 4) is 0 Å². The van der Waals surface area contributed by atoms with Gasteiger partial charge in [0.05, 0.1) is 13.2 Å². The Kier molecular flexibility index (Phi) is 9.93. The predicted octanol–water partition coefficient (Wildman–Crippen LogP) is 0.958. The van der Waals surface area contributed by atoms with Gasteiger partial charge < -0.3 is 20.1 Å². The molecule has 0 saturated carbocycles. The summed E-state index contributed by atoms with van der Waals surface area (Å²) >= 11 is 1.83. The summed E-state index contributed by atoms with van der Waals surface area (Å²) in [6, 6.07) is 0. The summed E-state index contributed by atoms with van der Waals surface area (Å²) in [5.74, 6) is 2.57. The number of hydrogen-bond donors (Lipinski definition) is 2. The number of rotatable bonds is 9.